The second-order valence-corrected chi connectivity index (χ2v) is 12.9. The highest BCUT2D eigenvalue weighted by molar-refractivity contribution is 7.92. The van der Waals surface area contributed by atoms with Gasteiger partial charge in [-0.15, -0.1) is 0 Å². The maximum atomic E-state index is 12.1. The van der Waals surface area contributed by atoms with Gasteiger partial charge in [0.2, 0.25) is 5.91 Å². The van der Waals surface area contributed by atoms with E-state index in [1.165, 1.54) is 11.6 Å². The highest BCUT2D eigenvalue weighted by Gasteiger charge is 2.40. The van der Waals surface area contributed by atoms with Crippen molar-refractivity contribution < 1.29 is 13.7 Å². The number of aromatic nitrogens is 2. The molecule has 2 aromatic rings. The summed E-state index contributed by atoms with van der Waals surface area (Å²) < 4.78 is 26.3. The van der Waals surface area contributed by atoms with Crippen LogP contribution < -0.4 is 10.1 Å². The predicted molar refractivity (Wildman–Crippen MR) is 138 cm³/mol. The van der Waals surface area contributed by atoms with Gasteiger partial charge >= 0.3 is 0 Å². The molecule has 0 unspecified atom stereocenters. The Morgan fingerprint density at radius 1 is 1.19 bits per heavy atom. The van der Waals surface area contributed by atoms with Crippen molar-refractivity contribution in [2.75, 3.05) is 43.0 Å². The molecule has 6 rings (SSSR count). The van der Waals surface area contributed by atoms with Crippen molar-refractivity contribution in [2.24, 2.45) is 0 Å². The average Bonchev–Trinajstić information content (AvgIpc) is 2.98. The molecule has 3 saturated heterocycles. The first-order valence-corrected chi connectivity index (χ1v) is 14.5. The number of carbonyl (C=O) groups excluding carboxylic acids is 1. The Morgan fingerprint density at radius 3 is 2.67 bits per heavy atom. The highest BCUT2D eigenvalue weighted by Crippen LogP contribution is 2.42. The second kappa shape index (κ2) is 8.85. The number of likely N-dealkylation sites (tertiary alicyclic amines) is 2. The monoisotopic (exact) mass is 508 g/mol. The molecule has 0 saturated carbocycles. The van der Waals surface area contributed by atoms with Gasteiger partial charge in [-0.1, -0.05) is 12.6 Å². The highest BCUT2D eigenvalue weighted by atomic mass is 32.2. The molecule has 4 aliphatic rings. The van der Waals surface area contributed by atoms with Crippen LogP contribution in [-0.4, -0.2) is 73.6 Å². The topological polar surface area (TPSA) is 112 Å². The van der Waals surface area contributed by atoms with Crippen LogP contribution in [0.2, 0.25) is 0 Å². The van der Waals surface area contributed by atoms with E-state index in [4.69, 9.17) is 9.52 Å². The fourth-order valence-corrected chi connectivity index (χ4v) is 7.36. The summed E-state index contributed by atoms with van der Waals surface area (Å²) in [6.07, 6.45) is 4.40. The first-order chi connectivity index (χ1) is 17.3. The number of hydrogen-bond donors (Lipinski definition) is 2. The van der Waals surface area contributed by atoms with Crippen LogP contribution in [0.4, 0.5) is 11.5 Å². The second-order valence-electron chi connectivity index (χ2n) is 10.5. The van der Waals surface area contributed by atoms with E-state index in [1.54, 1.807) is 6.33 Å². The minimum Gasteiger partial charge on any atom is -0.486 e. The third-order valence-corrected chi connectivity index (χ3v) is 9.90. The Bertz CT molecular complexity index is 1320. The number of amides is 1. The zero-order chi connectivity index (χ0) is 25.0. The Kier molecular flexibility index (Phi) is 5.75. The number of carbonyl (C=O) groups is 1. The summed E-state index contributed by atoms with van der Waals surface area (Å²) in [7, 11) is -2.44. The summed E-state index contributed by atoms with van der Waals surface area (Å²) in [4.78, 5) is 25.2. The van der Waals surface area contributed by atoms with Crippen LogP contribution in [0.5, 0.6) is 5.75 Å². The van der Waals surface area contributed by atoms with E-state index >= 15 is 0 Å². The van der Waals surface area contributed by atoms with E-state index in [-0.39, 0.29) is 11.8 Å². The molecule has 0 bridgehead atoms. The summed E-state index contributed by atoms with van der Waals surface area (Å²) in [6, 6.07) is 4.86. The third-order valence-electron chi connectivity index (χ3n) is 8.11. The number of fused-ring (bicyclic) bond motifs is 2. The Morgan fingerprint density at radius 2 is 1.94 bits per heavy atom. The van der Waals surface area contributed by atoms with E-state index in [2.05, 4.69) is 45.8 Å². The number of rotatable bonds is 4. The molecule has 2 N–H and O–H groups in total. The molecule has 0 atom stereocenters. The quantitative estimate of drug-likeness (QED) is 0.610. The molecule has 0 spiro atoms. The standard InChI is InChI=1S/C26H32N6O3S/c1-3-23(33)32-12-20(13-32)31-10-19(11-31)18-8-16(2)25-22(9-18)30-26-21(14-35-25)24(28-15-29-26)17-4-6-36(27,34)7-5-17/h3,8-9,15,17,19-20,27H,1,4-7,10-14H2,2H3,(H,28,29,30). The summed E-state index contributed by atoms with van der Waals surface area (Å²) in [6.45, 7) is 9.59. The van der Waals surface area contributed by atoms with Crippen molar-refractivity contribution >= 4 is 27.1 Å². The molecular formula is C26H32N6O3S. The lowest BCUT2D eigenvalue weighted by atomic mass is 9.87. The molecule has 10 heteroatoms. The van der Waals surface area contributed by atoms with Crippen molar-refractivity contribution in [3.8, 4) is 5.75 Å². The minimum absolute atomic E-state index is 0.0162. The maximum Gasteiger partial charge on any atom is 0.246 e. The van der Waals surface area contributed by atoms with Gasteiger partial charge in [0.25, 0.3) is 0 Å². The summed E-state index contributed by atoms with van der Waals surface area (Å²) in [5.41, 5.74) is 5.21. The molecule has 4 aliphatic heterocycles. The lowest BCUT2D eigenvalue weighted by Crippen LogP contribution is -2.65. The minimum atomic E-state index is -2.44. The van der Waals surface area contributed by atoms with E-state index in [9.17, 15) is 9.00 Å². The summed E-state index contributed by atoms with van der Waals surface area (Å²) in [5, 5.41) is 3.53. The number of aryl methyl sites for hydroxylation is 1. The van der Waals surface area contributed by atoms with Crippen molar-refractivity contribution in [3.63, 3.8) is 0 Å². The molecule has 1 aromatic heterocycles. The lowest BCUT2D eigenvalue weighted by Gasteiger charge is -2.52. The Balaban J connectivity index is 1.17. The SMILES string of the molecule is C=CC(=O)N1CC(N2CC(c3cc(C)c4c(c3)Nc3ncnc(C5CCS(=N)(=O)CC5)c3CO4)C2)C1. The summed E-state index contributed by atoms with van der Waals surface area (Å²) in [5.74, 6) is 3.10. The van der Waals surface area contributed by atoms with E-state index in [0.717, 1.165) is 60.3 Å². The van der Waals surface area contributed by atoms with Crippen LogP contribution in [0.3, 0.4) is 0 Å². The molecular weight excluding hydrogens is 476 g/mol. The zero-order valence-electron chi connectivity index (χ0n) is 20.5. The molecule has 1 amide bonds. The molecule has 1 aromatic carbocycles. The van der Waals surface area contributed by atoms with Crippen LogP contribution in [0.25, 0.3) is 0 Å². The fraction of sp³-hybridized carbons (Fsp3) is 0.500. The lowest BCUT2D eigenvalue weighted by molar-refractivity contribution is -0.134. The molecule has 0 aliphatic carbocycles. The largest absolute Gasteiger partial charge is 0.486 e. The van der Waals surface area contributed by atoms with E-state index in [0.29, 0.717) is 42.9 Å². The number of ether oxygens (including phenoxy) is 1. The average molecular weight is 509 g/mol. The summed E-state index contributed by atoms with van der Waals surface area (Å²) >= 11 is 0. The van der Waals surface area contributed by atoms with Gasteiger partial charge in [-0.3, -0.25) is 14.5 Å². The van der Waals surface area contributed by atoms with Crippen LogP contribution in [0, 0.1) is 11.7 Å². The van der Waals surface area contributed by atoms with E-state index < -0.39 is 9.73 Å². The normalized spacial score (nSPS) is 26.4. The van der Waals surface area contributed by atoms with Gasteiger partial charge in [0.15, 0.2) is 0 Å². The van der Waals surface area contributed by atoms with Crippen molar-refractivity contribution in [2.45, 2.75) is 44.2 Å². The van der Waals surface area contributed by atoms with Crippen molar-refractivity contribution in [1.29, 1.82) is 4.78 Å². The third kappa shape index (κ3) is 4.16. The van der Waals surface area contributed by atoms with Gasteiger partial charge in [0.1, 0.15) is 24.5 Å². The number of anilines is 2. The first-order valence-electron chi connectivity index (χ1n) is 12.6. The smallest absolute Gasteiger partial charge is 0.246 e. The van der Waals surface area contributed by atoms with Crippen LogP contribution in [-0.2, 0) is 21.1 Å². The number of nitrogens with one attached hydrogen (secondary N) is 2. The molecule has 0 radical (unpaired) electrons. The zero-order valence-corrected chi connectivity index (χ0v) is 21.4. The molecule has 190 valence electrons. The van der Waals surface area contributed by atoms with Crippen molar-refractivity contribution in [1.82, 2.24) is 19.8 Å². The maximum absolute atomic E-state index is 12.1. The molecule has 36 heavy (non-hydrogen) atoms. The van der Waals surface area contributed by atoms with E-state index in [1.807, 2.05) is 4.90 Å². The van der Waals surface area contributed by atoms with Gasteiger partial charge in [-0.05, 0) is 43.0 Å². The Hall–Kier alpha value is -2.98. The molecule has 5 heterocycles. The van der Waals surface area contributed by atoms with Gasteiger partial charge in [-0.2, -0.15) is 0 Å². The van der Waals surface area contributed by atoms with Crippen LogP contribution >= 0.6 is 0 Å². The predicted octanol–water partition coefficient (Wildman–Crippen LogP) is 3.14. The van der Waals surface area contributed by atoms with Gasteiger partial charge in [0.05, 0.1) is 16.9 Å². The van der Waals surface area contributed by atoms with Crippen LogP contribution in [0.1, 0.15) is 47.1 Å². The Labute approximate surface area is 211 Å². The number of hydrogen-bond acceptors (Lipinski definition) is 8. The van der Waals surface area contributed by atoms with Crippen molar-refractivity contribution in [3.05, 3.63) is 53.5 Å². The number of benzene rings is 1. The van der Waals surface area contributed by atoms with Crippen LogP contribution in [0.15, 0.2) is 31.1 Å². The first kappa shape index (κ1) is 23.4. The van der Waals surface area contributed by atoms with Gasteiger partial charge in [-0.25, -0.2) is 14.2 Å². The fourth-order valence-electron chi connectivity index (χ4n) is 5.82. The molecule has 9 nitrogen and oxygen atoms in total. The number of nitrogens with zero attached hydrogens (tertiary/aromatic N) is 4. The molecule has 3 fully saturated rings. The van der Waals surface area contributed by atoms with Gasteiger partial charge in [0, 0.05) is 65.3 Å². The van der Waals surface area contributed by atoms with Gasteiger partial charge < -0.3 is 15.0 Å².